The highest BCUT2D eigenvalue weighted by Gasteiger charge is 2.24. The highest BCUT2D eigenvalue weighted by molar-refractivity contribution is 7.34. The standard InChI is InChI=1S/C14H14O5P/c1-16-11-5-3-7-13(9-11)18-20(15)19-14-8-4-6-12(10-14)17-2/h3-10H,1-2H3/q+1. The molecule has 0 unspecified atom stereocenters. The van der Waals surface area contributed by atoms with Crippen LogP contribution in [-0.2, 0) is 4.57 Å². The van der Waals surface area contributed by atoms with Crippen molar-refractivity contribution in [3.05, 3.63) is 48.5 Å². The first-order chi connectivity index (χ1) is 9.71. The molecule has 0 radical (unpaired) electrons. The van der Waals surface area contributed by atoms with Gasteiger partial charge in [0.15, 0.2) is 11.5 Å². The molecule has 2 aromatic rings. The first-order valence-corrected chi connectivity index (χ1v) is 6.92. The molecule has 0 amide bonds. The van der Waals surface area contributed by atoms with Gasteiger partial charge >= 0.3 is 8.25 Å². The third-order valence-electron chi connectivity index (χ3n) is 2.44. The number of methoxy groups -OCH3 is 2. The van der Waals surface area contributed by atoms with Crippen LogP contribution >= 0.6 is 8.25 Å². The maximum absolute atomic E-state index is 11.8. The Bertz CT molecular complexity index is 548. The second-order valence-electron chi connectivity index (χ2n) is 3.76. The Morgan fingerprint density at radius 1 is 0.750 bits per heavy atom. The van der Waals surface area contributed by atoms with Gasteiger partial charge in [0.25, 0.3) is 0 Å². The van der Waals surface area contributed by atoms with Crippen LogP contribution in [0.1, 0.15) is 0 Å². The van der Waals surface area contributed by atoms with Crippen molar-refractivity contribution in [2.24, 2.45) is 0 Å². The van der Waals surface area contributed by atoms with Crippen molar-refractivity contribution in [3.63, 3.8) is 0 Å². The topological polar surface area (TPSA) is 54.0 Å². The van der Waals surface area contributed by atoms with Gasteiger partial charge in [-0.3, -0.25) is 0 Å². The van der Waals surface area contributed by atoms with Crippen molar-refractivity contribution in [2.75, 3.05) is 14.2 Å². The van der Waals surface area contributed by atoms with Crippen molar-refractivity contribution in [1.29, 1.82) is 0 Å². The Hall–Kier alpha value is -2.26. The summed E-state index contributed by atoms with van der Waals surface area (Å²) < 4.78 is 32.3. The summed E-state index contributed by atoms with van der Waals surface area (Å²) in [5.74, 6) is 2.06. The van der Waals surface area contributed by atoms with E-state index in [1.54, 1.807) is 62.8 Å². The quantitative estimate of drug-likeness (QED) is 0.758. The van der Waals surface area contributed by atoms with Gasteiger partial charge in [0.2, 0.25) is 0 Å². The molecule has 0 aliphatic heterocycles. The van der Waals surface area contributed by atoms with E-state index in [1.807, 2.05) is 0 Å². The minimum Gasteiger partial charge on any atom is -0.497 e. The second kappa shape index (κ2) is 6.78. The first kappa shape index (κ1) is 14.2. The molecule has 104 valence electrons. The fraction of sp³-hybridized carbons (Fsp3) is 0.143. The lowest BCUT2D eigenvalue weighted by atomic mass is 10.3. The van der Waals surface area contributed by atoms with Crippen LogP contribution in [0.2, 0.25) is 0 Å². The molecule has 0 aliphatic rings. The maximum atomic E-state index is 11.8. The van der Waals surface area contributed by atoms with E-state index in [1.165, 1.54) is 0 Å². The zero-order chi connectivity index (χ0) is 14.4. The van der Waals surface area contributed by atoms with Gasteiger partial charge in [-0.25, -0.2) is 9.05 Å². The normalized spacial score (nSPS) is 9.70. The molecular formula is C14H14O5P+. The molecule has 0 atom stereocenters. The lowest BCUT2D eigenvalue weighted by molar-refractivity contribution is 0.398. The van der Waals surface area contributed by atoms with Gasteiger partial charge in [-0.2, -0.15) is 0 Å². The molecule has 0 N–H and O–H groups in total. The van der Waals surface area contributed by atoms with Gasteiger partial charge in [0, 0.05) is 16.7 Å². The second-order valence-corrected chi connectivity index (χ2v) is 4.58. The van der Waals surface area contributed by atoms with Crippen LogP contribution in [0.25, 0.3) is 0 Å². The van der Waals surface area contributed by atoms with E-state index in [-0.39, 0.29) is 0 Å². The summed E-state index contributed by atoms with van der Waals surface area (Å²) in [5, 5.41) is 0. The van der Waals surface area contributed by atoms with Crippen molar-refractivity contribution in [3.8, 4) is 23.0 Å². The smallest absolute Gasteiger partial charge is 0.497 e. The molecule has 20 heavy (non-hydrogen) atoms. The molecule has 0 saturated heterocycles. The average Bonchev–Trinajstić information content (AvgIpc) is 2.47. The fourth-order valence-electron chi connectivity index (χ4n) is 1.51. The largest absolute Gasteiger partial charge is 0.805 e. The summed E-state index contributed by atoms with van der Waals surface area (Å²) in [7, 11) is 0.766. The minimum atomic E-state index is -2.33. The van der Waals surface area contributed by atoms with Crippen LogP contribution in [0.4, 0.5) is 0 Å². The summed E-state index contributed by atoms with van der Waals surface area (Å²) in [6.45, 7) is 0. The third kappa shape index (κ3) is 3.87. The predicted octanol–water partition coefficient (Wildman–Crippen LogP) is 3.82. The van der Waals surface area contributed by atoms with Crippen LogP contribution in [0.5, 0.6) is 23.0 Å². The molecule has 2 rings (SSSR count). The van der Waals surface area contributed by atoms with Crippen molar-refractivity contribution >= 4 is 8.25 Å². The average molecular weight is 293 g/mol. The van der Waals surface area contributed by atoms with Gasteiger partial charge in [-0.1, -0.05) is 12.1 Å². The lowest BCUT2D eigenvalue weighted by Gasteiger charge is -2.00. The van der Waals surface area contributed by atoms with Gasteiger partial charge in [-0.15, -0.1) is 0 Å². The lowest BCUT2D eigenvalue weighted by Crippen LogP contribution is -1.90. The minimum absolute atomic E-state index is 0.411. The van der Waals surface area contributed by atoms with E-state index in [0.717, 1.165) is 0 Å². The molecule has 0 fully saturated rings. The van der Waals surface area contributed by atoms with E-state index >= 15 is 0 Å². The Balaban J connectivity index is 2.01. The van der Waals surface area contributed by atoms with Crippen LogP contribution in [0.15, 0.2) is 48.5 Å². The summed E-state index contributed by atoms with van der Waals surface area (Å²) in [4.78, 5) is 0. The monoisotopic (exact) mass is 293 g/mol. The Labute approximate surface area is 118 Å². The van der Waals surface area contributed by atoms with Gasteiger partial charge < -0.3 is 9.47 Å². The molecule has 0 heterocycles. The third-order valence-corrected chi connectivity index (χ3v) is 3.16. The summed E-state index contributed by atoms with van der Waals surface area (Å²) >= 11 is 0. The van der Waals surface area contributed by atoms with Crippen molar-refractivity contribution < 1.29 is 23.1 Å². The number of rotatable bonds is 6. The molecule has 5 nitrogen and oxygen atoms in total. The molecular weight excluding hydrogens is 279 g/mol. The van der Waals surface area contributed by atoms with E-state index < -0.39 is 8.25 Å². The Morgan fingerprint density at radius 2 is 1.15 bits per heavy atom. The van der Waals surface area contributed by atoms with Crippen LogP contribution in [-0.4, -0.2) is 14.2 Å². The molecule has 2 aromatic carbocycles. The van der Waals surface area contributed by atoms with Gasteiger partial charge in [-0.05, 0) is 24.3 Å². The molecule has 0 aliphatic carbocycles. The molecule has 0 aromatic heterocycles. The first-order valence-electron chi connectivity index (χ1n) is 5.82. The van der Waals surface area contributed by atoms with Crippen molar-refractivity contribution in [2.45, 2.75) is 0 Å². The molecule has 0 spiro atoms. The predicted molar refractivity (Wildman–Crippen MR) is 74.9 cm³/mol. The Kier molecular flexibility index (Phi) is 4.80. The number of ether oxygens (including phenoxy) is 2. The molecule has 6 heteroatoms. The molecule has 0 bridgehead atoms. The maximum Gasteiger partial charge on any atom is 0.805 e. The van der Waals surface area contributed by atoms with Crippen molar-refractivity contribution in [1.82, 2.24) is 0 Å². The number of benzene rings is 2. The van der Waals surface area contributed by atoms with Crippen LogP contribution in [0.3, 0.4) is 0 Å². The van der Waals surface area contributed by atoms with Crippen LogP contribution in [0, 0.1) is 0 Å². The number of hydrogen-bond acceptors (Lipinski definition) is 5. The molecule has 0 saturated carbocycles. The number of hydrogen-bond donors (Lipinski definition) is 0. The highest BCUT2D eigenvalue weighted by atomic mass is 31.1. The van der Waals surface area contributed by atoms with E-state index in [2.05, 4.69) is 0 Å². The van der Waals surface area contributed by atoms with E-state index in [0.29, 0.717) is 23.0 Å². The van der Waals surface area contributed by atoms with Gasteiger partial charge in [0.1, 0.15) is 11.5 Å². The zero-order valence-electron chi connectivity index (χ0n) is 11.1. The fourth-order valence-corrected chi connectivity index (χ4v) is 2.12. The summed E-state index contributed by atoms with van der Waals surface area (Å²) in [6, 6.07) is 13.6. The highest BCUT2D eigenvalue weighted by Crippen LogP contribution is 2.33. The summed E-state index contributed by atoms with van der Waals surface area (Å²) in [6.07, 6.45) is 0. The zero-order valence-corrected chi connectivity index (χ0v) is 12.0. The van der Waals surface area contributed by atoms with E-state index in [4.69, 9.17) is 18.5 Å². The van der Waals surface area contributed by atoms with E-state index in [9.17, 15) is 4.57 Å². The van der Waals surface area contributed by atoms with Gasteiger partial charge in [0.05, 0.1) is 14.2 Å². The summed E-state index contributed by atoms with van der Waals surface area (Å²) in [5.41, 5.74) is 0. The SMILES string of the molecule is COc1cccc(O[P+](=O)Oc2cccc(OC)c2)c1. The van der Waals surface area contributed by atoms with Crippen LogP contribution < -0.4 is 18.5 Å². The Morgan fingerprint density at radius 3 is 1.55 bits per heavy atom.